The predicted octanol–water partition coefficient (Wildman–Crippen LogP) is 0.310. The number of hydrogen-bond acceptors (Lipinski definition) is 4. The average molecular weight is 224 g/mol. The predicted molar refractivity (Wildman–Crippen MR) is 62.9 cm³/mol. The Morgan fingerprint density at radius 3 is 3.00 bits per heavy atom. The molecule has 1 fully saturated rings. The number of anilines is 1. The van der Waals surface area contributed by atoms with Gasteiger partial charge in [0.05, 0.1) is 24.5 Å². The lowest BCUT2D eigenvalue weighted by Gasteiger charge is -2.23. The molecule has 16 heavy (non-hydrogen) atoms. The molecule has 1 aromatic rings. The smallest absolute Gasteiger partial charge is 0.0862 e. The van der Waals surface area contributed by atoms with Crippen molar-refractivity contribution in [2.24, 2.45) is 0 Å². The van der Waals surface area contributed by atoms with Crippen LogP contribution >= 0.6 is 0 Å². The normalized spacial score (nSPS) is 23.8. The van der Waals surface area contributed by atoms with E-state index in [0.717, 1.165) is 13.1 Å². The highest BCUT2D eigenvalue weighted by Crippen LogP contribution is 2.16. The van der Waals surface area contributed by atoms with Crippen molar-refractivity contribution in [2.75, 3.05) is 18.8 Å². The highest BCUT2D eigenvalue weighted by molar-refractivity contribution is 5.30. The highest BCUT2D eigenvalue weighted by atomic mass is 16.3. The summed E-state index contributed by atoms with van der Waals surface area (Å²) in [5, 5.41) is 14.0. The van der Waals surface area contributed by atoms with Gasteiger partial charge < -0.3 is 10.8 Å². The van der Waals surface area contributed by atoms with Crippen molar-refractivity contribution < 1.29 is 5.11 Å². The van der Waals surface area contributed by atoms with Crippen molar-refractivity contribution in [1.29, 1.82) is 0 Å². The van der Waals surface area contributed by atoms with Gasteiger partial charge in [0.1, 0.15) is 0 Å². The molecule has 0 amide bonds. The van der Waals surface area contributed by atoms with Gasteiger partial charge in [-0.25, -0.2) is 0 Å². The number of aliphatic hydroxyl groups is 1. The molecule has 90 valence electrons. The molecule has 5 heteroatoms. The van der Waals surface area contributed by atoms with Crippen molar-refractivity contribution in [2.45, 2.75) is 38.5 Å². The number of nitrogens with zero attached hydrogens (tertiary/aromatic N) is 3. The van der Waals surface area contributed by atoms with Gasteiger partial charge in [0, 0.05) is 18.8 Å². The molecule has 2 rings (SSSR count). The van der Waals surface area contributed by atoms with Crippen LogP contribution in [0.15, 0.2) is 12.4 Å². The van der Waals surface area contributed by atoms with Gasteiger partial charge in [-0.1, -0.05) is 0 Å². The Hall–Kier alpha value is -1.07. The molecule has 5 nitrogen and oxygen atoms in total. The van der Waals surface area contributed by atoms with Gasteiger partial charge in [-0.2, -0.15) is 5.10 Å². The fraction of sp³-hybridized carbons (Fsp3) is 0.727. The summed E-state index contributed by atoms with van der Waals surface area (Å²) in [6.45, 7) is 4.55. The van der Waals surface area contributed by atoms with E-state index in [0.29, 0.717) is 18.3 Å². The van der Waals surface area contributed by atoms with Crippen LogP contribution in [0.3, 0.4) is 0 Å². The van der Waals surface area contributed by atoms with Crippen LogP contribution in [0.2, 0.25) is 0 Å². The fourth-order valence-electron chi connectivity index (χ4n) is 2.29. The van der Waals surface area contributed by atoms with E-state index in [2.05, 4.69) is 16.9 Å². The number of aliphatic hydroxyl groups excluding tert-OH is 1. The molecule has 0 radical (unpaired) electrons. The standard InChI is InChI=1S/C11H20N4O/c1-9-3-2-4-14(9)7-11(16)8-15-6-10(12)5-13-15/h5-6,9,11,16H,2-4,7-8,12H2,1H3. The van der Waals surface area contributed by atoms with Crippen LogP contribution in [0, 0.1) is 0 Å². The van der Waals surface area contributed by atoms with E-state index in [-0.39, 0.29) is 6.10 Å². The number of β-amino-alcohol motifs (C(OH)–C–C–N with tert-alkyl or cyclic N) is 1. The largest absolute Gasteiger partial charge is 0.396 e. The van der Waals surface area contributed by atoms with E-state index in [1.807, 2.05) is 0 Å². The maximum atomic E-state index is 9.95. The monoisotopic (exact) mass is 224 g/mol. The maximum absolute atomic E-state index is 9.95. The van der Waals surface area contributed by atoms with Crippen LogP contribution in [-0.4, -0.2) is 45.0 Å². The van der Waals surface area contributed by atoms with Crippen LogP contribution in [0.4, 0.5) is 5.69 Å². The Morgan fingerprint density at radius 2 is 2.44 bits per heavy atom. The highest BCUT2D eigenvalue weighted by Gasteiger charge is 2.22. The van der Waals surface area contributed by atoms with E-state index >= 15 is 0 Å². The van der Waals surface area contributed by atoms with E-state index < -0.39 is 0 Å². The Bertz CT molecular complexity index is 338. The van der Waals surface area contributed by atoms with Gasteiger partial charge in [0.25, 0.3) is 0 Å². The summed E-state index contributed by atoms with van der Waals surface area (Å²) in [7, 11) is 0. The number of likely N-dealkylation sites (tertiary alicyclic amines) is 1. The Balaban J connectivity index is 1.82. The molecule has 0 aromatic carbocycles. The number of rotatable bonds is 4. The first kappa shape index (κ1) is 11.4. The SMILES string of the molecule is CC1CCCN1CC(O)Cn1cc(N)cn1. The minimum Gasteiger partial charge on any atom is -0.396 e. The van der Waals surface area contributed by atoms with Gasteiger partial charge in [-0.05, 0) is 26.3 Å². The summed E-state index contributed by atoms with van der Waals surface area (Å²) < 4.78 is 1.70. The molecule has 1 aromatic heterocycles. The number of nitrogens with two attached hydrogens (primary N) is 1. The van der Waals surface area contributed by atoms with Crippen molar-refractivity contribution >= 4 is 5.69 Å². The zero-order chi connectivity index (χ0) is 11.5. The van der Waals surface area contributed by atoms with Crippen molar-refractivity contribution in [1.82, 2.24) is 14.7 Å². The second kappa shape index (κ2) is 4.84. The van der Waals surface area contributed by atoms with Gasteiger partial charge in [-0.3, -0.25) is 9.58 Å². The Kier molecular flexibility index (Phi) is 3.46. The van der Waals surface area contributed by atoms with E-state index in [1.54, 1.807) is 17.1 Å². The molecule has 2 unspecified atom stereocenters. The molecule has 1 saturated heterocycles. The molecule has 2 heterocycles. The zero-order valence-electron chi connectivity index (χ0n) is 9.71. The molecular weight excluding hydrogens is 204 g/mol. The van der Waals surface area contributed by atoms with Crippen LogP contribution in [0.25, 0.3) is 0 Å². The van der Waals surface area contributed by atoms with E-state index in [9.17, 15) is 5.11 Å². The number of aromatic nitrogens is 2. The lowest BCUT2D eigenvalue weighted by molar-refractivity contribution is 0.0922. The minimum absolute atomic E-state index is 0.375. The van der Waals surface area contributed by atoms with Crippen molar-refractivity contribution in [3.8, 4) is 0 Å². The third kappa shape index (κ3) is 2.74. The topological polar surface area (TPSA) is 67.3 Å². The summed E-state index contributed by atoms with van der Waals surface area (Å²) in [4.78, 5) is 2.33. The number of hydrogen-bond donors (Lipinski definition) is 2. The van der Waals surface area contributed by atoms with Gasteiger partial charge in [-0.15, -0.1) is 0 Å². The van der Waals surface area contributed by atoms with Crippen LogP contribution in [-0.2, 0) is 6.54 Å². The van der Waals surface area contributed by atoms with Crippen molar-refractivity contribution in [3.05, 3.63) is 12.4 Å². The summed E-state index contributed by atoms with van der Waals surface area (Å²) in [6.07, 6.45) is 5.45. The summed E-state index contributed by atoms with van der Waals surface area (Å²) in [6, 6.07) is 0.595. The second-order valence-electron chi connectivity index (χ2n) is 4.64. The first-order chi connectivity index (χ1) is 7.65. The van der Waals surface area contributed by atoms with Crippen molar-refractivity contribution in [3.63, 3.8) is 0 Å². The second-order valence-corrected chi connectivity index (χ2v) is 4.64. The molecule has 1 aliphatic heterocycles. The fourth-order valence-corrected chi connectivity index (χ4v) is 2.29. The molecule has 0 aliphatic carbocycles. The molecule has 1 aliphatic rings. The molecule has 0 bridgehead atoms. The molecule has 0 spiro atoms. The van der Waals surface area contributed by atoms with Gasteiger partial charge >= 0.3 is 0 Å². The molecule has 3 N–H and O–H groups in total. The first-order valence-electron chi connectivity index (χ1n) is 5.85. The Labute approximate surface area is 95.8 Å². The molecule has 0 saturated carbocycles. The molecular formula is C11H20N4O. The summed E-state index contributed by atoms with van der Waals surface area (Å²) in [5.74, 6) is 0. The summed E-state index contributed by atoms with van der Waals surface area (Å²) >= 11 is 0. The summed E-state index contributed by atoms with van der Waals surface area (Å²) in [5.41, 5.74) is 6.21. The first-order valence-corrected chi connectivity index (χ1v) is 5.85. The maximum Gasteiger partial charge on any atom is 0.0862 e. The van der Waals surface area contributed by atoms with E-state index in [1.165, 1.54) is 12.8 Å². The lowest BCUT2D eigenvalue weighted by Crippen LogP contribution is -2.36. The number of nitrogen functional groups attached to an aromatic ring is 1. The van der Waals surface area contributed by atoms with Crippen LogP contribution < -0.4 is 5.73 Å². The van der Waals surface area contributed by atoms with Crippen LogP contribution in [0.1, 0.15) is 19.8 Å². The Morgan fingerprint density at radius 1 is 1.62 bits per heavy atom. The van der Waals surface area contributed by atoms with Gasteiger partial charge in [0.2, 0.25) is 0 Å². The quantitative estimate of drug-likeness (QED) is 0.772. The average Bonchev–Trinajstić information content (AvgIpc) is 2.77. The van der Waals surface area contributed by atoms with Gasteiger partial charge in [0.15, 0.2) is 0 Å². The minimum atomic E-state index is -0.375. The lowest BCUT2D eigenvalue weighted by atomic mass is 10.2. The van der Waals surface area contributed by atoms with Crippen LogP contribution in [0.5, 0.6) is 0 Å². The zero-order valence-corrected chi connectivity index (χ0v) is 9.71. The molecule has 2 atom stereocenters. The third-order valence-electron chi connectivity index (χ3n) is 3.19. The van der Waals surface area contributed by atoms with E-state index in [4.69, 9.17) is 5.73 Å². The third-order valence-corrected chi connectivity index (χ3v) is 3.19.